The van der Waals surface area contributed by atoms with Crippen LogP contribution in [0.4, 0.5) is 10.6 Å². The average Bonchev–Trinajstić information content (AvgIpc) is 2.85. The van der Waals surface area contributed by atoms with Crippen LogP contribution in [0.25, 0.3) is 10.9 Å². The van der Waals surface area contributed by atoms with Crippen LogP contribution in [0.1, 0.15) is 40.7 Å². The van der Waals surface area contributed by atoms with E-state index in [1.54, 1.807) is 9.47 Å². The molecule has 12 heteroatoms. The summed E-state index contributed by atoms with van der Waals surface area (Å²) in [7, 11) is 2.13. The van der Waals surface area contributed by atoms with Crippen molar-refractivity contribution in [2.75, 3.05) is 64.4 Å². The topological polar surface area (TPSA) is 83.4 Å². The van der Waals surface area contributed by atoms with Gasteiger partial charge in [-0.1, -0.05) is 11.6 Å². The fraction of sp³-hybridized carbons (Fsp3) is 0.667. The fourth-order valence-electron chi connectivity index (χ4n) is 5.71. The van der Waals surface area contributed by atoms with Crippen LogP contribution in [-0.2, 0) is 4.74 Å². The van der Waals surface area contributed by atoms with Gasteiger partial charge in [0.1, 0.15) is 23.5 Å². The Labute approximate surface area is 242 Å². The summed E-state index contributed by atoms with van der Waals surface area (Å²) < 4.78 is 14.4. The van der Waals surface area contributed by atoms with E-state index in [1.807, 2.05) is 40.7 Å². The van der Waals surface area contributed by atoms with Crippen LogP contribution in [0, 0.1) is 0 Å². The quantitative estimate of drug-likeness (QED) is 0.509. The van der Waals surface area contributed by atoms with Gasteiger partial charge in [-0.05, 0) is 63.7 Å². The zero-order valence-electron chi connectivity index (χ0n) is 23.5. The maximum absolute atomic E-state index is 13.7. The number of aromatic nitrogens is 2. The van der Waals surface area contributed by atoms with Gasteiger partial charge in [-0.2, -0.15) is 4.98 Å². The summed E-state index contributed by atoms with van der Waals surface area (Å²) in [6.07, 6.45) is -0.335. The van der Waals surface area contributed by atoms with E-state index in [2.05, 4.69) is 42.7 Å². The lowest BCUT2D eigenvalue weighted by atomic mass is 10.1. The lowest BCUT2D eigenvalue weighted by Crippen LogP contribution is -2.59. The first kappa shape index (κ1) is 28.4. The molecule has 214 valence electrons. The molecule has 0 aliphatic carbocycles. The molecule has 5 rings (SSSR count). The Bertz CT molecular complexity index is 1320. The molecule has 0 saturated carbocycles. The molecule has 3 atom stereocenters. The summed E-state index contributed by atoms with van der Waals surface area (Å²) >= 11 is 10.2. The predicted octanol–water partition coefficient (Wildman–Crippen LogP) is 3.83. The SMILES string of the molecule is C[C@@H]1CN(c2nc(=O)n3c4c(c(Br)c(Cl)cc24)OC[C@H]3CN2CCN(C)CC2)[C@@H](C)CN1C(=O)OC(C)(C)C. The van der Waals surface area contributed by atoms with Gasteiger partial charge in [-0.3, -0.25) is 9.47 Å². The first-order valence-electron chi connectivity index (χ1n) is 13.6. The first-order chi connectivity index (χ1) is 18.3. The Morgan fingerprint density at radius 2 is 1.87 bits per heavy atom. The number of nitrogens with zero attached hydrogens (tertiary/aromatic N) is 6. The van der Waals surface area contributed by atoms with Crippen LogP contribution in [-0.4, -0.2) is 107 Å². The van der Waals surface area contributed by atoms with Gasteiger partial charge in [0.25, 0.3) is 0 Å². The molecule has 0 N–H and O–H groups in total. The number of benzene rings is 1. The van der Waals surface area contributed by atoms with Gasteiger partial charge in [0.2, 0.25) is 0 Å². The van der Waals surface area contributed by atoms with Crippen molar-refractivity contribution in [1.82, 2.24) is 24.3 Å². The lowest BCUT2D eigenvalue weighted by Gasteiger charge is -2.45. The van der Waals surface area contributed by atoms with Gasteiger partial charge in [0, 0.05) is 63.3 Å². The highest BCUT2D eigenvalue weighted by molar-refractivity contribution is 9.10. The second-order valence-electron chi connectivity index (χ2n) is 12.0. The third-order valence-corrected chi connectivity index (χ3v) is 9.09. The fourth-order valence-corrected chi connectivity index (χ4v) is 6.32. The summed E-state index contributed by atoms with van der Waals surface area (Å²) in [5, 5.41) is 1.27. The van der Waals surface area contributed by atoms with E-state index in [9.17, 15) is 9.59 Å². The van der Waals surface area contributed by atoms with Crippen molar-refractivity contribution in [1.29, 1.82) is 0 Å². The number of carbonyl (C=O) groups is 1. The predicted molar refractivity (Wildman–Crippen MR) is 156 cm³/mol. The van der Waals surface area contributed by atoms with Crippen LogP contribution in [0.15, 0.2) is 15.3 Å². The average molecular weight is 626 g/mol. The van der Waals surface area contributed by atoms with E-state index in [0.717, 1.165) is 31.6 Å². The number of carbonyl (C=O) groups excluding carboxylic acids is 1. The molecule has 2 aromatic rings. The summed E-state index contributed by atoms with van der Waals surface area (Å²) in [6.45, 7) is 15.5. The van der Waals surface area contributed by atoms with Crippen molar-refractivity contribution in [3.8, 4) is 5.75 Å². The molecule has 1 aromatic heterocycles. The Morgan fingerprint density at radius 3 is 2.54 bits per heavy atom. The normalized spacial score (nSPS) is 24.7. The second-order valence-corrected chi connectivity index (χ2v) is 13.2. The van der Waals surface area contributed by atoms with E-state index in [0.29, 0.717) is 52.8 Å². The molecule has 2 saturated heterocycles. The van der Waals surface area contributed by atoms with Crippen LogP contribution < -0.4 is 15.3 Å². The molecular weight excluding hydrogens is 588 g/mol. The number of halogens is 2. The highest BCUT2D eigenvalue weighted by Gasteiger charge is 2.38. The summed E-state index contributed by atoms with van der Waals surface area (Å²) in [5.41, 5.74) is -0.167. The number of anilines is 1. The number of hydrogen-bond acceptors (Lipinski definition) is 8. The van der Waals surface area contributed by atoms with Crippen LogP contribution in [0.5, 0.6) is 5.75 Å². The minimum absolute atomic E-state index is 0.101. The largest absolute Gasteiger partial charge is 0.488 e. The number of likely N-dealkylation sites (N-methyl/N-ethyl adjacent to an activating group) is 1. The highest BCUT2D eigenvalue weighted by atomic mass is 79.9. The van der Waals surface area contributed by atoms with E-state index >= 15 is 0 Å². The molecule has 3 aliphatic heterocycles. The standard InChI is InChI=1S/C27H38BrClN6O4/c1-16-13-34(26(37)39-27(3,4)5)17(2)12-33(16)24-19-11-20(29)21(28)23-22(19)35(25(36)30-24)18(15-38-23)14-32-9-7-31(6)8-10-32/h11,16-18H,7-10,12-15H2,1-6H3/t16-,17+,18+/m0/s1. The van der Waals surface area contributed by atoms with E-state index < -0.39 is 5.60 Å². The van der Waals surface area contributed by atoms with Gasteiger partial charge >= 0.3 is 11.8 Å². The maximum Gasteiger partial charge on any atom is 0.410 e. The summed E-state index contributed by atoms with van der Waals surface area (Å²) in [4.78, 5) is 39.8. The van der Waals surface area contributed by atoms with Crippen molar-refractivity contribution in [3.63, 3.8) is 0 Å². The number of ether oxygens (including phenoxy) is 2. The molecule has 1 amide bonds. The van der Waals surface area contributed by atoms with Gasteiger partial charge in [-0.15, -0.1) is 0 Å². The second kappa shape index (κ2) is 10.7. The van der Waals surface area contributed by atoms with Crippen molar-refractivity contribution >= 4 is 50.3 Å². The molecule has 1 aromatic carbocycles. The van der Waals surface area contributed by atoms with Crippen molar-refractivity contribution in [3.05, 3.63) is 26.0 Å². The molecular formula is C27H38BrClN6O4. The Morgan fingerprint density at radius 1 is 1.18 bits per heavy atom. The monoisotopic (exact) mass is 624 g/mol. The number of rotatable bonds is 3. The molecule has 2 fully saturated rings. The molecule has 0 unspecified atom stereocenters. The van der Waals surface area contributed by atoms with Crippen LogP contribution in [0.3, 0.4) is 0 Å². The van der Waals surface area contributed by atoms with Gasteiger partial charge in [0.05, 0.1) is 15.5 Å². The molecule has 0 spiro atoms. The van der Waals surface area contributed by atoms with Crippen molar-refractivity contribution < 1.29 is 14.3 Å². The zero-order valence-corrected chi connectivity index (χ0v) is 25.9. The maximum atomic E-state index is 13.7. The molecule has 39 heavy (non-hydrogen) atoms. The lowest BCUT2D eigenvalue weighted by molar-refractivity contribution is 0.0130. The van der Waals surface area contributed by atoms with E-state index in [-0.39, 0.29) is 29.9 Å². The van der Waals surface area contributed by atoms with E-state index in [4.69, 9.17) is 21.1 Å². The summed E-state index contributed by atoms with van der Waals surface area (Å²) in [5.74, 6) is 1.13. The highest BCUT2D eigenvalue weighted by Crippen LogP contribution is 2.44. The first-order valence-corrected chi connectivity index (χ1v) is 14.8. The molecule has 3 aliphatic rings. The van der Waals surface area contributed by atoms with Crippen LogP contribution >= 0.6 is 27.5 Å². The Hall–Kier alpha value is -2.08. The smallest absolute Gasteiger partial charge is 0.410 e. The Balaban J connectivity index is 1.52. The van der Waals surface area contributed by atoms with Gasteiger partial charge < -0.3 is 24.2 Å². The molecule has 0 bridgehead atoms. The van der Waals surface area contributed by atoms with Crippen LogP contribution in [0.2, 0.25) is 5.02 Å². The number of hydrogen-bond donors (Lipinski definition) is 0. The zero-order chi connectivity index (χ0) is 28.2. The minimum atomic E-state index is -0.575. The summed E-state index contributed by atoms with van der Waals surface area (Å²) in [6, 6.07) is 1.46. The molecule has 4 heterocycles. The van der Waals surface area contributed by atoms with Crippen molar-refractivity contribution in [2.45, 2.75) is 58.3 Å². The van der Waals surface area contributed by atoms with Crippen molar-refractivity contribution in [2.24, 2.45) is 0 Å². The third-order valence-electron chi connectivity index (χ3n) is 7.78. The number of piperazine rings is 2. The minimum Gasteiger partial charge on any atom is -0.488 e. The van der Waals surface area contributed by atoms with Gasteiger partial charge in [0.15, 0.2) is 5.75 Å². The van der Waals surface area contributed by atoms with Gasteiger partial charge in [-0.25, -0.2) is 9.59 Å². The van der Waals surface area contributed by atoms with E-state index in [1.165, 1.54) is 0 Å². The molecule has 0 radical (unpaired) electrons. The Kier molecular flexibility index (Phi) is 7.82. The number of amides is 1. The molecule has 10 nitrogen and oxygen atoms in total. The third kappa shape index (κ3) is 5.60.